The molecule has 0 saturated heterocycles. The van der Waals surface area contributed by atoms with Gasteiger partial charge >= 0.3 is 0 Å². The number of amides is 1. The molecule has 0 spiro atoms. The quantitative estimate of drug-likeness (QED) is 0.476. The van der Waals surface area contributed by atoms with Crippen molar-refractivity contribution in [3.8, 4) is 10.9 Å². The van der Waals surface area contributed by atoms with Gasteiger partial charge in [-0.2, -0.15) is 9.36 Å². The third-order valence-electron chi connectivity index (χ3n) is 4.29. The molecule has 0 fully saturated rings. The monoisotopic (exact) mass is 413 g/mol. The molecule has 0 radical (unpaired) electrons. The van der Waals surface area contributed by atoms with Gasteiger partial charge in [0.05, 0.1) is 0 Å². The summed E-state index contributed by atoms with van der Waals surface area (Å²) in [6.07, 6.45) is 2.34. The van der Waals surface area contributed by atoms with Crippen molar-refractivity contribution in [2.45, 2.75) is 33.1 Å². The molecule has 0 aliphatic rings. The van der Waals surface area contributed by atoms with Gasteiger partial charge in [0.15, 0.2) is 5.82 Å². The van der Waals surface area contributed by atoms with Gasteiger partial charge < -0.3 is 9.64 Å². The first kappa shape index (κ1) is 20.9. The van der Waals surface area contributed by atoms with Crippen LogP contribution in [0.25, 0.3) is 0 Å². The highest BCUT2D eigenvalue weighted by Crippen LogP contribution is 2.25. The number of carbonyl (C=O) groups excluding carboxylic acids is 1. The Morgan fingerprint density at radius 1 is 1.10 bits per heavy atom. The van der Waals surface area contributed by atoms with Gasteiger partial charge in [0.2, 0.25) is 0 Å². The summed E-state index contributed by atoms with van der Waals surface area (Å²) in [6, 6.07) is 13.4. The maximum absolute atomic E-state index is 13.0. The summed E-state index contributed by atoms with van der Waals surface area (Å²) in [6.45, 7) is 5.60. The summed E-state index contributed by atoms with van der Waals surface area (Å²) < 4.78 is 23.1. The van der Waals surface area contributed by atoms with Crippen LogP contribution in [0.4, 0.5) is 4.39 Å². The number of halogens is 1. The molecule has 0 saturated carbocycles. The van der Waals surface area contributed by atoms with Crippen LogP contribution in [-0.2, 0) is 6.42 Å². The van der Waals surface area contributed by atoms with Crippen LogP contribution in [0.3, 0.4) is 0 Å². The van der Waals surface area contributed by atoms with Gasteiger partial charge in [-0.25, -0.2) is 4.39 Å². The van der Waals surface area contributed by atoms with Crippen LogP contribution < -0.4 is 4.74 Å². The van der Waals surface area contributed by atoms with Crippen LogP contribution in [0.5, 0.6) is 10.9 Å². The number of nitrogens with zero attached hydrogens (tertiary/aromatic N) is 3. The van der Waals surface area contributed by atoms with Gasteiger partial charge in [0, 0.05) is 36.6 Å². The third-order valence-corrected chi connectivity index (χ3v) is 4.92. The van der Waals surface area contributed by atoms with E-state index in [-0.39, 0.29) is 11.7 Å². The fourth-order valence-corrected chi connectivity index (χ4v) is 3.54. The van der Waals surface area contributed by atoms with Gasteiger partial charge in [-0.1, -0.05) is 32.0 Å². The van der Waals surface area contributed by atoms with Crippen LogP contribution in [-0.4, -0.2) is 33.3 Å². The minimum Gasteiger partial charge on any atom is -0.430 e. The van der Waals surface area contributed by atoms with E-state index in [1.54, 1.807) is 36.4 Å². The highest BCUT2D eigenvalue weighted by atomic mass is 32.1. The van der Waals surface area contributed by atoms with E-state index in [0.717, 1.165) is 43.0 Å². The van der Waals surface area contributed by atoms with Crippen molar-refractivity contribution in [2.75, 3.05) is 13.1 Å². The van der Waals surface area contributed by atoms with Gasteiger partial charge in [0.1, 0.15) is 11.6 Å². The van der Waals surface area contributed by atoms with Crippen LogP contribution in [0, 0.1) is 5.82 Å². The molecule has 2 aromatic carbocycles. The molecule has 152 valence electrons. The Kier molecular flexibility index (Phi) is 7.30. The number of ether oxygens (including phenoxy) is 1. The molecule has 0 bridgehead atoms. The first-order valence-electron chi connectivity index (χ1n) is 9.73. The number of aromatic nitrogens is 2. The Bertz CT molecular complexity index is 937. The molecule has 1 amide bonds. The van der Waals surface area contributed by atoms with Gasteiger partial charge in [-0.05, 0) is 48.7 Å². The highest BCUT2D eigenvalue weighted by Gasteiger charge is 2.15. The lowest BCUT2D eigenvalue weighted by molar-refractivity contribution is 0.0755. The average Bonchev–Trinajstić information content (AvgIpc) is 3.16. The van der Waals surface area contributed by atoms with Crippen molar-refractivity contribution < 1.29 is 13.9 Å². The molecular weight excluding hydrogens is 389 g/mol. The second-order valence-corrected chi connectivity index (χ2v) is 7.42. The van der Waals surface area contributed by atoms with E-state index in [2.05, 4.69) is 23.2 Å². The molecule has 1 aromatic heterocycles. The standard InChI is InChI=1S/C22H24FN3O2S/c1-3-12-26(13-4-2)21(27)17-6-5-7-19(15-17)28-22-24-20(25-29-22)14-16-8-10-18(23)11-9-16/h5-11,15H,3-4,12-14H2,1-2H3. The number of hydrogen-bond acceptors (Lipinski definition) is 5. The molecule has 3 aromatic rings. The zero-order valence-electron chi connectivity index (χ0n) is 16.6. The average molecular weight is 414 g/mol. The van der Waals surface area contributed by atoms with Crippen LogP contribution in [0.15, 0.2) is 48.5 Å². The van der Waals surface area contributed by atoms with Gasteiger partial charge in [0.25, 0.3) is 11.1 Å². The first-order valence-corrected chi connectivity index (χ1v) is 10.5. The van der Waals surface area contributed by atoms with E-state index >= 15 is 0 Å². The topological polar surface area (TPSA) is 55.3 Å². The zero-order chi connectivity index (χ0) is 20.6. The zero-order valence-corrected chi connectivity index (χ0v) is 17.4. The Balaban J connectivity index is 1.68. The highest BCUT2D eigenvalue weighted by molar-refractivity contribution is 7.07. The summed E-state index contributed by atoms with van der Waals surface area (Å²) >= 11 is 1.15. The predicted octanol–water partition coefficient (Wildman–Crippen LogP) is 5.32. The SMILES string of the molecule is CCCN(CCC)C(=O)c1cccc(Oc2nc(Cc3ccc(F)cc3)ns2)c1. The normalized spacial score (nSPS) is 10.7. The number of benzene rings is 2. The minimum absolute atomic E-state index is 0.00779. The molecule has 0 atom stereocenters. The Morgan fingerprint density at radius 2 is 1.83 bits per heavy atom. The van der Waals surface area contributed by atoms with Crippen molar-refractivity contribution in [3.05, 3.63) is 71.3 Å². The van der Waals surface area contributed by atoms with E-state index in [1.165, 1.54) is 12.1 Å². The lowest BCUT2D eigenvalue weighted by atomic mass is 10.1. The lowest BCUT2D eigenvalue weighted by Gasteiger charge is -2.21. The van der Waals surface area contributed by atoms with E-state index in [0.29, 0.717) is 28.8 Å². The van der Waals surface area contributed by atoms with Crippen molar-refractivity contribution in [3.63, 3.8) is 0 Å². The van der Waals surface area contributed by atoms with Crippen molar-refractivity contribution >= 4 is 17.4 Å². The summed E-state index contributed by atoms with van der Waals surface area (Å²) in [5.74, 6) is 0.900. The first-order chi connectivity index (χ1) is 14.1. The Morgan fingerprint density at radius 3 is 2.52 bits per heavy atom. The molecule has 3 rings (SSSR count). The van der Waals surface area contributed by atoms with E-state index in [1.807, 2.05) is 4.90 Å². The van der Waals surface area contributed by atoms with Crippen molar-refractivity contribution in [2.24, 2.45) is 0 Å². The van der Waals surface area contributed by atoms with E-state index in [9.17, 15) is 9.18 Å². The lowest BCUT2D eigenvalue weighted by Crippen LogP contribution is -2.32. The molecule has 0 aliphatic carbocycles. The third kappa shape index (κ3) is 5.84. The fourth-order valence-electron chi connectivity index (χ4n) is 2.97. The molecule has 7 heteroatoms. The summed E-state index contributed by atoms with van der Waals surface area (Å²) in [5.41, 5.74) is 1.52. The Hall–Kier alpha value is -2.80. The molecule has 29 heavy (non-hydrogen) atoms. The second kappa shape index (κ2) is 10.1. The largest absolute Gasteiger partial charge is 0.430 e. The summed E-state index contributed by atoms with van der Waals surface area (Å²) in [5, 5.41) is 0.408. The molecule has 0 unspecified atom stereocenters. The van der Waals surface area contributed by atoms with Crippen LogP contribution in [0.2, 0.25) is 0 Å². The second-order valence-electron chi connectivity index (χ2n) is 6.70. The van der Waals surface area contributed by atoms with E-state index in [4.69, 9.17) is 4.74 Å². The molecule has 0 N–H and O–H groups in total. The number of rotatable bonds is 9. The smallest absolute Gasteiger partial charge is 0.298 e. The summed E-state index contributed by atoms with van der Waals surface area (Å²) in [4.78, 5) is 19.0. The van der Waals surface area contributed by atoms with Crippen LogP contribution in [0.1, 0.15) is 48.4 Å². The van der Waals surface area contributed by atoms with Gasteiger partial charge in [-0.3, -0.25) is 4.79 Å². The summed E-state index contributed by atoms with van der Waals surface area (Å²) in [7, 11) is 0. The Labute approximate surface area is 174 Å². The molecule has 0 aliphatic heterocycles. The molecular formula is C22H24FN3O2S. The van der Waals surface area contributed by atoms with Crippen molar-refractivity contribution in [1.29, 1.82) is 0 Å². The predicted molar refractivity (Wildman–Crippen MR) is 112 cm³/mol. The van der Waals surface area contributed by atoms with Gasteiger partial charge in [-0.15, -0.1) is 0 Å². The number of hydrogen-bond donors (Lipinski definition) is 0. The minimum atomic E-state index is -0.269. The number of carbonyl (C=O) groups is 1. The molecule has 5 nitrogen and oxygen atoms in total. The van der Waals surface area contributed by atoms with Crippen molar-refractivity contribution in [1.82, 2.24) is 14.3 Å². The van der Waals surface area contributed by atoms with E-state index < -0.39 is 0 Å². The molecule has 1 heterocycles. The van der Waals surface area contributed by atoms with Crippen LogP contribution >= 0.6 is 11.5 Å². The fraction of sp³-hybridized carbons (Fsp3) is 0.318. The maximum atomic E-state index is 13.0. The maximum Gasteiger partial charge on any atom is 0.298 e.